The number of hydrogen-bond donors (Lipinski definition) is 1. The topological polar surface area (TPSA) is 12.0 Å². The minimum absolute atomic E-state index is 0.569. The molecule has 2 rings (SSSR count). The van der Waals surface area contributed by atoms with Crippen LogP contribution >= 0.6 is 11.8 Å². The van der Waals surface area contributed by atoms with Crippen molar-refractivity contribution in [2.24, 2.45) is 0 Å². The van der Waals surface area contributed by atoms with Crippen LogP contribution in [0.15, 0.2) is 29.2 Å². The van der Waals surface area contributed by atoms with Crippen molar-refractivity contribution in [1.29, 1.82) is 0 Å². The zero-order valence-corrected chi connectivity index (χ0v) is 11.0. The van der Waals surface area contributed by atoms with Gasteiger partial charge in [0.25, 0.3) is 0 Å². The average molecular weight is 235 g/mol. The Kier molecular flexibility index (Phi) is 4.30. The van der Waals surface area contributed by atoms with Gasteiger partial charge >= 0.3 is 0 Å². The molecule has 1 N–H and O–H groups in total. The van der Waals surface area contributed by atoms with E-state index in [9.17, 15) is 0 Å². The van der Waals surface area contributed by atoms with Crippen LogP contribution in [0.2, 0.25) is 0 Å². The molecule has 0 saturated carbocycles. The Bertz CT molecular complexity index is 337. The maximum Gasteiger partial charge on any atom is 0.0341 e. The summed E-state index contributed by atoms with van der Waals surface area (Å²) in [5, 5.41) is 4.43. The second-order valence-electron chi connectivity index (χ2n) is 4.56. The zero-order chi connectivity index (χ0) is 11.4. The summed E-state index contributed by atoms with van der Waals surface area (Å²) in [6, 6.07) is 9.40. The molecule has 2 unspecified atom stereocenters. The molecule has 1 nitrogen and oxygen atoms in total. The van der Waals surface area contributed by atoms with Crippen molar-refractivity contribution >= 4 is 11.8 Å². The highest BCUT2D eigenvalue weighted by Crippen LogP contribution is 2.40. The van der Waals surface area contributed by atoms with Gasteiger partial charge in [-0.25, -0.2) is 0 Å². The second-order valence-corrected chi connectivity index (χ2v) is 6.04. The van der Waals surface area contributed by atoms with Gasteiger partial charge in [0, 0.05) is 16.2 Å². The third-order valence-electron chi connectivity index (χ3n) is 3.11. The summed E-state index contributed by atoms with van der Waals surface area (Å²) in [5.74, 6) is 0. The van der Waals surface area contributed by atoms with Crippen LogP contribution in [0.4, 0.5) is 0 Å². The van der Waals surface area contributed by atoms with E-state index in [1.165, 1.54) is 29.7 Å². The Balaban J connectivity index is 2.07. The van der Waals surface area contributed by atoms with Gasteiger partial charge in [-0.1, -0.05) is 38.5 Å². The van der Waals surface area contributed by atoms with Crippen molar-refractivity contribution in [1.82, 2.24) is 5.32 Å². The number of hydrogen-bond acceptors (Lipinski definition) is 2. The van der Waals surface area contributed by atoms with Gasteiger partial charge in [0.2, 0.25) is 0 Å². The van der Waals surface area contributed by atoms with Gasteiger partial charge in [0.15, 0.2) is 0 Å². The van der Waals surface area contributed by atoms with Crippen LogP contribution in [0.5, 0.6) is 0 Å². The monoisotopic (exact) mass is 235 g/mol. The van der Waals surface area contributed by atoms with E-state index in [0.29, 0.717) is 6.04 Å². The molecular weight excluding hydrogens is 214 g/mol. The number of thioether (sulfide) groups is 1. The van der Waals surface area contributed by atoms with E-state index in [2.05, 4.69) is 43.4 Å². The average Bonchev–Trinajstić information content (AvgIpc) is 2.29. The number of benzene rings is 1. The van der Waals surface area contributed by atoms with Crippen LogP contribution in [0, 0.1) is 0 Å². The quantitative estimate of drug-likeness (QED) is 0.792. The molecule has 1 aliphatic heterocycles. The molecule has 1 aromatic carbocycles. The van der Waals surface area contributed by atoms with Crippen molar-refractivity contribution in [2.75, 3.05) is 6.54 Å². The third kappa shape index (κ3) is 2.80. The van der Waals surface area contributed by atoms with Crippen LogP contribution in [-0.4, -0.2) is 11.8 Å². The highest BCUT2D eigenvalue weighted by molar-refractivity contribution is 8.00. The van der Waals surface area contributed by atoms with Gasteiger partial charge in [-0.05, 0) is 31.0 Å². The lowest BCUT2D eigenvalue weighted by Crippen LogP contribution is -2.27. The highest BCUT2D eigenvalue weighted by atomic mass is 32.2. The number of unbranched alkanes of at least 4 members (excludes halogenated alkanes) is 1. The Morgan fingerprint density at radius 3 is 3.00 bits per heavy atom. The molecule has 0 bridgehead atoms. The maximum absolute atomic E-state index is 3.70. The molecule has 16 heavy (non-hydrogen) atoms. The molecule has 0 radical (unpaired) electrons. The van der Waals surface area contributed by atoms with E-state index >= 15 is 0 Å². The lowest BCUT2D eigenvalue weighted by molar-refractivity contribution is 0.478. The first kappa shape index (κ1) is 12.0. The molecule has 1 aliphatic rings. The fraction of sp³-hybridized carbons (Fsp3) is 0.571. The van der Waals surface area contributed by atoms with E-state index in [-0.39, 0.29) is 0 Å². The third-order valence-corrected chi connectivity index (χ3v) is 4.33. The summed E-state index contributed by atoms with van der Waals surface area (Å²) >= 11 is 2.01. The largest absolute Gasteiger partial charge is 0.310 e. The summed E-state index contributed by atoms with van der Waals surface area (Å²) in [6.07, 6.45) is 3.80. The fourth-order valence-electron chi connectivity index (χ4n) is 2.25. The van der Waals surface area contributed by atoms with Crippen LogP contribution in [0.25, 0.3) is 0 Å². The van der Waals surface area contributed by atoms with Crippen molar-refractivity contribution in [3.05, 3.63) is 29.8 Å². The normalized spacial score (nSPS) is 24.1. The van der Waals surface area contributed by atoms with Crippen molar-refractivity contribution in [2.45, 2.75) is 49.3 Å². The SMILES string of the molecule is CCCCNC1CC(C)Sc2ccccc21. The lowest BCUT2D eigenvalue weighted by Gasteiger charge is -2.30. The first-order valence-electron chi connectivity index (χ1n) is 6.30. The molecule has 2 heteroatoms. The van der Waals surface area contributed by atoms with E-state index in [0.717, 1.165) is 11.8 Å². The Morgan fingerprint density at radius 1 is 1.38 bits per heavy atom. The highest BCUT2D eigenvalue weighted by Gasteiger charge is 2.23. The van der Waals surface area contributed by atoms with Crippen molar-refractivity contribution in [3.8, 4) is 0 Å². The summed E-state index contributed by atoms with van der Waals surface area (Å²) in [4.78, 5) is 1.47. The van der Waals surface area contributed by atoms with Crippen LogP contribution in [-0.2, 0) is 0 Å². The minimum Gasteiger partial charge on any atom is -0.310 e. The molecule has 0 fully saturated rings. The predicted octanol–water partition coefficient (Wildman–Crippen LogP) is 4.00. The molecule has 0 amide bonds. The fourth-order valence-corrected chi connectivity index (χ4v) is 3.47. The first-order chi connectivity index (χ1) is 7.81. The standard InChI is InChI=1S/C14H21NS/c1-3-4-9-15-13-10-11(2)16-14-8-6-5-7-12(13)14/h5-8,11,13,15H,3-4,9-10H2,1-2H3. The lowest BCUT2D eigenvalue weighted by atomic mass is 10.0. The summed E-state index contributed by atoms with van der Waals surface area (Å²) in [7, 11) is 0. The predicted molar refractivity (Wildman–Crippen MR) is 72.0 cm³/mol. The summed E-state index contributed by atoms with van der Waals surface area (Å²) < 4.78 is 0. The molecule has 88 valence electrons. The van der Waals surface area contributed by atoms with E-state index in [1.54, 1.807) is 0 Å². The van der Waals surface area contributed by atoms with Gasteiger partial charge in [-0.2, -0.15) is 0 Å². The first-order valence-corrected chi connectivity index (χ1v) is 7.18. The molecular formula is C14H21NS. The minimum atomic E-state index is 0.569. The Labute approximate surface area is 103 Å². The van der Waals surface area contributed by atoms with E-state index < -0.39 is 0 Å². The summed E-state index contributed by atoms with van der Waals surface area (Å²) in [5.41, 5.74) is 1.50. The Hall–Kier alpha value is -0.470. The van der Waals surface area contributed by atoms with E-state index in [4.69, 9.17) is 0 Å². The number of fused-ring (bicyclic) bond motifs is 1. The van der Waals surface area contributed by atoms with Crippen molar-refractivity contribution in [3.63, 3.8) is 0 Å². The van der Waals surface area contributed by atoms with Gasteiger partial charge in [-0.3, -0.25) is 0 Å². The van der Waals surface area contributed by atoms with Crippen LogP contribution in [0.3, 0.4) is 0 Å². The molecule has 0 spiro atoms. The zero-order valence-electron chi connectivity index (χ0n) is 10.2. The van der Waals surface area contributed by atoms with Gasteiger partial charge in [-0.15, -0.1) is 11.8 Å². The summed E-state index contributed by atoms with van der Waals surface area (Å²) in [6.45, 7) is 5.72. The molecule has 0 saturated heterocycles. The molecule has 1 heterocycles. The van der Waals surface area contributed by atoms with Gasteiger partial charge < -0.3 is 5.32 Å². The van der Waals surface area contributed by atoms with E-state index in [1.807, 2.05) is 11.8 Å². The molecule has 0 aromatic heterocycles. The molecule has 0 aliphatic carbocycles. The Morgan fingerprint density at radius 2 is 2.19 bits per heavy atom. The van der Waals surface area contributed by atoms with Crippen LogP contribution in [0.1, 0.15) is 44.7 Å². The van der Waals surface area contributed by atoms with Crippen LogP contribution < -0.4 is 5.32 Å². The van der Waals surface area contributed by atoms with Gasteiger partial charge in [0.05, 0.1) is 0 Å². The smallest absolute Gasteiger partial charge is 0.0341 e. The van der Waals surface area contributed by atoms with Gasteiger partial charge in [0.1, 0.15) is 0 Å². The maximum atomic E-state index is 3.70. The molecule has 1 aromatic rings. The number of nitrogens with one attached hydrogen (secondary N) is 1. The van der Waals surface area contributed by atoms with Crippen molar-refractivity contribution < 1.29 is 0 Å². The molecule has 2 atom stereocenters. The second kappa shape index (κ2) is 5.74. The number of rotatable bonds is 4.